The van der Waals surface area contributed by atoms with Crippen LogP contribution in [0.5, 0.6) is 5.75 Å². The van der Waals surface area contributed by atoms with E-state index in [2.05, 4.69) is 0 Å². The van der Waals surface area contributed by atoms with Gasteiger partial charge in [-0.1, -0.05) is 23.2 Å². The van der Waals surface area contributed by atoms with Crippen molar-refractivity contribution in [2.75, 3.05) is 0 Å². The van der Waals surface area contributed by atoms with Gasteiger partial charge in [0.05, 0.1) is 5.02 Å². The van der Waals surface area contributed by atoms with Crippen molar-refractivity contribution >= 4 is 40.9 Å². The van der Waals surface area contributed by atoms with E-state index >= 15 is 0 Å². The van der Waals surface area contributed by atoms with Crippen LogP contribution in [0.2, 0.25) is 10.0 Å². The fourth-order valence-electron chi connectivity index (χ4n) is 2.65. The number of aliphatic carboxylic acids is 1. The van der Waals surface area contributed by atoms with Gasteiger partial charge in [0.15, 0.2) is 6.20 Å². The number of rotatable bonds is 3. The summed E-state index contributed by atoms with van der Waals surface area (Å²) in [6.45, 7) is 0. The molecule has 0 saturated heterocycles. The molecule has 1 N–H and O–H groups in total. The number of benzene rings is 1. The van der Waals surface area contributed by atoms with Crippen LogP contribution in [0.3, 0.4) is 0 Å². The molecule has 27 heavy (non-hydrogen) atoms. The second kappa shape index (κ2) is 7.29. The minimum atomic E-state index is -4.85. The summed E-state index contributed by atoms with van der Waals surface area (Å²) < 4.78 is 45.1. The number of nitrogens with zero attached hydrogens (tertiary/aromatic N) is 1. The van der Waals surface area contributed by atoms with Gasteiger partial charge in [-0.05, 0) is 41.9 Å². The first kappa shape index (κ1) is 19.9. The molecule has 5 nitrogen and oxygen atoms in total. The first-order valence-electron chi connectivity index (χ1n) is 7.42. The minimum absolute atomic E-state index is 0.0904. The normalized spacial score (nSPS) is 19.3. The van der Waals surface area contributed by atoms with Gasteiger partial charge in [0, 0.05) is 11.0 Å². The van der Waals surface area contributed by atoms with Crippen molar-refractivity contribution in [3.05, 3.63) is 51.3 Å². The van der Waals surface area contributed by atoms with Gasteiger partial charge in [-0.15, -0.1) is 0 Å². The molecular formula is C16H10Cl2F3NO4S. The van der Waals surface area contributed by atoms with E-state index in [1.807, 2.05) is 0 Å². The summed E-state index contributed by atoms with van der Waals surface area (Å²) in [5, 5.41) is 21.3. The maximum atomic E-state index is 13.2. The number of carboxylic acids is 1. The van der Waals surface area contributed by atoms with Crippen LogP contribution < -0.4 is 9.47 Å². The Morgan fingerprint density at radius 1 is 1.33 bits per heavy atom. The van der Waals surface area contributed by atoms with Crippen LogP contribution in [0.1, 0.15) is 5.56 Å². The zero-order valence-corrected chi connectivity index (χ0v) is 15.5. The van der Waals surface area contributed by atoms with Crippen LogP contribution in [-0.4, -0.2) is 23.4 Å². The molecule has 1 aliphatic rings. The summed E-state index contributed by atoms with van der Waals surface area (Å²) in [4.78, 5) is 11.5. The molecule has 2 heterocycles. The SMILES string of the molecule is O=C(O)C1Cc2cc(Cl)c(Sc3c(Cl)ccc[n+]3[O-])cc2OC1C(F)(F)F. The molecule has 1 aliphatic heterocycles. The summed E-state index contributed by atoms with van der Waals surface area (Å²) >= 11 is 13.0. The molecule has 0 radical (unpaired) electrons. The van der Waals surface area contributed by atoms with Gasteiger partial charge in [-0.2, -0.15) is 17.9 Å². The van der Waals surface area contributed by atoms with Gasteiger partial charge in [-0.25, -0.2) is 0 Å². The number of ether oxygens (including phenoxy) is 1. The average Bonchev–Trinajstić information content (AvgIpc) is 2.56. The van der Waals surface area contributed by atoms with Gasteiger partial charge in [0.25, 0.3) is 5.03 Å². The molecule has 0 fully saturated rings. The fraction of sp³-hybridized carbons (Fsp3) is 0.250. The first-order valence-corrected chi connectivity index (χ1v) is 8.99. The second-order valence-corrected chi connectivity index (χ2v) is 7.55. The van der Waals surface area contributed by atoms with Crippen molar-refractivity contribution in [2.24, 2.45) is 5.92 Å². The molecule has 2 aromatic rings. The van der Waals surface area contributed by atoms with E-state index in [-0.39, 0.29) is 37.7 Å². The second-order valence-electron chi connectivity index (χ2n) is 5.71. The highest BCUT2D eigenvalue weighted by Gasteiger charge is 2.52. The number of hydrogen-bond donors (Lipinski definition) is 1. The van der Waals surface area contributed by atoms with Gasteiger partial charge < -0.3 is 15.1 Å². The summed E-state index contributed by atoms with van der Waals surface area (Å²) in [6, 6.07) is 5.52. The highest BCUT2D eigenvalue weighted by atomic mass is 35.5. The number of aromatic nitrogens is 1. The van der Waals surface area contributed by atoms with Crippen molar-refractivity contribution in [3.63, 3.8) is 0 Å². The monoisotopic (exact) mass is 439 g/mol. The Bertz CT molecular complexity index is 890. The molecule has 0 spiro atoms. The highest BCUT2D eigenvalue weighted by molar-refractivity contribution is 7.99. The van der Waals surface area contributed by atoms with Crippen LogP contribution in [0.25, 0.3) is 0 Å². The van der Waals surface area contributed by atoms with Crippen molar-refractivity contribution in [1.82, 2.24) is 0 Å². The van der Waals surface area contributed by atoms with E-state index in [1.165, 1.54) is 30.5 Å². The van der Waals surface area contributed by atoms with Crippen molar-refractivity contribution in [3.8, 4) is 5.75 Å². The molecule has 2 atom stereocenters. The number of fused-ring (bicyclic) bond motifs is 1. The molecule has 0 amide bonds. The predicted octanol–water partition coefficient (Wildman–Crippen LogP) is 4.34. The number of hydrogen-bond acceptors (Lipinski definition) is 4. The molecule has 0 aliphatic carbocycles. The Kier molecular flexibility index (Phi) is 5.38. The largest absolute Gasteiger partial charge is 0.618 e. The zero-order chi connectivity index (χ0) is 19.9. The van der Waals surface area contributed by atoms with Gasteiger partial charge in [0.2, 0.25) is 6.10 Å². The molecule has 144 valence electrons. The van der Waals surface area contributed by atoms with Crippen molar-refractivity contribution < 1.29 is 32.5 Å². The standard InChI is InChI=1S/C16H10Cl2F3NO4S/c17-9-2-1-3-22(25)14(9)27-12-6-11-7(5-10(12)18)4-8(15(23)24)13(26-11)16(19,20)21/h1-3,5-6,8,13H,4H2,(H,23,24). The smallest absolute Gasteiger partial charge is 0.426 e. The van der Waals surface area contributed by atoms with Crippen LogP contribution in [-0.2, 0) is 11.2 Å². The summed E-state index contributed by atoms with van der Waals surface area (Å²) in [6.07, 6.45) is -6.50. The Balaban J connectivity index is 2.00. The number of halogens is 5. The fourth-order valence-corrected chi connectivity index (χ4v) is 4.07. The number of carbonyl (C=O) groups is 1. The van der Waals surface area contributed by atoms with E-state index in [4.69, 9.17) is 33.0 Å². The Morgan fingerprint density at radius 3 is 2.63 bits per heavy atom. The summed E-state index contributed by atoms with van der Waals surface area (Å²) in [7, 11) is 0. The van der Waals surface area contributed by atoms with E-state index in [9.17, 15) is 23.2 Å². The van der Waals surface area contributed by atoms with Crippen molar-refractivity contribution in [2.45, 2.75) is 28.6 Å². The highest BCUT2D eigenvalue weighted by Crippen LogP contribution is 2.44. The maximum absolute atomic E-state index is 13.2. The van der Waals surface area contributed by atoms with Crippen LogP contribution in [0.15, 0.2) is 40.4 Å². The van der Waals surface area contributed by atoms with Crippen LogP contribution in [0.4, 0.5) is 13.2 Å². The molecule has 0 bridgehead atoms. The molecule has 3 rings (SSSR count). The molecular weight excluding hydrogens is 430 g/mol. The third-order valence-corrected chi connectivity index (χ3v) is 5.88. The van der Waals surface area contributed by atoms with Gasteiger partial charge in [0.1, 0.15) is 16.7 Å². The number of carboxylic acid groups (broad SMARTS) is 1. The number of alkyl halides is 3. The topological polar surface area (TPSA) is 73.5 Å². The third-order valence-electron chi connectivity index (χ3n) is 3.89. The predicted molar refractivity (Wildman–Crippen MR) is 91.3 cm³/mol. The maximum Gasteiger partial charge on any atom is 0.426 e. The van der Waals surface area contributed by atoms with E-state index < -0.39 is 24.2 Å². The lowest BCUT2D eigenvalue weighted by Crippen LogP contribution is -2.47. The van der Waals surface area contributed by atoms with E-state index in [1.54, 1.807) is 0 Å². The molecule has 11 heteroatoms. The Labute approximate surface area is 165 Å². The van der Waals surface area contributed by atoms with Gasteiger partial charge in [-0.3, -0.25) is 4.79 Å². The lowest BCUT2D eigenvalue weighted by Gasteiger charge is -2.32. The summed E-state index contributed by atoms with van der Waals surface area (Å²) in [5.41, 5.74) is 0.242. The third kappa shape index (κ3) is 4.04. The first-order chi connectivity index (χ1) is 12.6. The van der Waals surface area contributed by atoms with Gasteiger partial charge >= 0.3 is 12.1 Å². The lowest BCUT2D eigenvalue weighted by atomic mass is 9.90. The van der Waals surface area contributed by atoms with Crippen molar-refractivity contribution in [1.29, 1.82) is 0 Å². The average molecular weight is 440 g/mol. The molecule has 1 aromatic heterocycles. The lowest BCUT2D eigenvalue weighted by molar-refractivity contribution is -0.645. The quantitative estimate of drug-likeness (QED) is 0.568. The van der Waals surface area contributed by atoms with E-state index in [0.717, 1.165) is 11.8 Å². The summed E-state index contributed by atoms with van der Waals surface area (Å²) in [5.74, 6) is -3.52. The van der Waals surface area contributed by atoms with Crippen LogP contribution in [0, 0.1) is 11.1 Å². The zero-order valence-electron chi connectivity index (χ0n) is 13.2. The molecule has 2 unspecified atom stereocenters. The Morgan fingerprint density at radius 2 is 2.04 bits per heavy atom. The Hall–Kier alpha value is -1.84. The molecule has 1 aromatic carbocycles. The molecule has 0 saturated carbocycles. The van der Waals surface area contributed by atoms with Crippen LogP contribution >= 0.6 is 35.0 Å². The minimum Gasteiger partial charge on any atom is -0.618 e. The number of pyridine rings is 1. The van der Waals surface area contributed by atoms with E-state index in [0.29, 0.717) is 4.73 Å².